The maximum atomic E-state index is 5.57. The van der Waals surface area contributed by atoms with Crippen LogP contribution in [-0.4, -0.2) is 36.2 Å². The number of halogens is 1. The molecule has 4 nitrogen and oxygen atoms in total. The Balaban J connectivity index is 1.84. The summed E-state index contributed by atoms with van der Waals surface area (Å²) in [6.07, 6.45) is 4.50. The summed E-state index contributed by atoms with van der Waals surface area (Å²) in [5.74, 6) is 1.68. The highest BCUT2D eigenvalue weighted by atomic mass is 79.9. The summed E-state index contributed by atoms with van der Waals surface area (Å²) in [5, 5.41) is 0.805. The molecule has 0 aromatic carbocycles. The van der Waals surface area contributed by atoms with Crippen LogP contribution in [0.4, 0.5) is 5.82 Å². The normalized spacial score (nSPS) is 19.4. The standard InChI is InChI=1S/C15H20BrN3O/c1-18(10-12-5-4-8-20-11-12)15-13(9-16)19-7-3-2-6-14(19)17-15/h2-3,6-7,12H,4-5,8-11H2,1H3. The Morgan fingerprint density at radius 3 is 3.15 bits per heavy atom. The molecule has 0 saturated carbocycles. The molecule has 1 saturated heterocycles. The van der Waals surface area contributed by atoms with E-state index >= 15 is 0 Å². The second kappa shape index (κ2) is 6.14. The lowest BCUT2D eigenvalue weighted by Gasteiger charge is -2.27. The fraction of sp³-hybridized carbons (Fsp3) is 0.533. The van der Waals surface area contributed by atoms with Gasteiger partial charge < -0.3 is 14.0 Å². The van der Waals surface area contributed by atoms with E-state index in [9.17, 15) is 0 Å². The number of hydrogen-bond donors (Lipinski definition) is 0. The average Bonchev–Trinajstić information content (AvgIpc) is 2.87. The molecule has 1 aliphatic rings. The van der Waals surface area contributed by atoms with Crippen molar-refractivity contribution in [2.45, 2.75) is 18.2 Å². The SMILES string of the molecule is CN(CC1CCCOC1)c1nc2ccccn2c1CBr. The quantitative estimate of drug-likeness (QED) is 0.803. The first-order valence-corrected chi connectivity index (χ1v) is 8.22. The van der Waals surface area contributed by atoms with E-state index < -0.39 is 0 Å². The monoisotopic (exact) mass is 337 g/mol. The molecule has 1 fully saturated rings. The highest BCUT2D eigenvalue weighted by molar-refractivity contribution is 9.08. The van der Waals surface area contributed by atoms with Gasteiger partial charge in [-0.1, -0.05) is 22.0 Å². The van der Waals surface area contributed by atoms with Crippen molar-refractivity contribution in [2.24, 2.45) is 5.92 Å². The smallest absolute Gasteiger partial charge is 0.151 e. The zero-order valence-electron chi connectivity index (χ0n) is 11.8. The van der Waals surface area contributed by atoms with Gasteiger partial charge in [-0.3, -0.25) is 0 Å². The van der Waals surface area contributed by atoms with Crippen LogP contribution in [0.2, 0.25) is 0 Å². The van der Waals surface area contributed by atoms with E-state index in [0.717, 1.165) is 36.6 Å². The predicted octanol–water partition coefficient (Wildman–Crippen LogP) is 3.09. The van der Waals surface area contributed by atoms with Crippen LogP contribution in [-0.2, 0) is 10.1 Å². The fourth-order valence-corrected chi connectivity index (χ4v) is 3.41. The van der Waals surface area contributed by atoms with Gasteiger partial charge in [0.1, 0.15) is 5.65 Å². The van der Waals surface area contributed by atoms with Crippen LogP contribution in [0, 0.1) is 5.92 Å². The summed E-state index contributed by atoms with van der Waals surface area (Å²) in [6, 6.07) is 6.12. The molecule has 20 heavy (non-hydrogen) atoms. The van der Waals surface area contributed by atoms with Crippen molar-refractivity contribution in [3.63, 3.8) is 0 Å². The Kier molecular flexibility index (Phi) is 4.27. The third kappa shape index (κ3) is 2.69. The van der Waals surface area contributed by atoms with Gasteiger partial charge in [0.05, 0.1) is 12.3 Å². The molecule has 3 rings (SSSR count). The lowest BCUT2D eigenvalue weighted by atomic mass is 10.0. The van der Waals surface area contributed by atoms with E-state index in [1.807, 2.05) is 18.2 Å². The van der Waals surface area contributed by atoms with Crippen LogP contribution in [0.1, 0.15) is 18.5 Å². The van der Waals surface area contributed by atoms with Crippen LogP contribution < -0.4 is 4.90 Å². The molecular formula is C15H20BrN3O. The third-order valence-electron chi connectivity index (χ3n) is 3.88. The largest absolute Gasteiger partial charge is 0.381 e. The number of ether oxygens (including phenoxy) is 1. The minimum atomic E-state index is 0.613. The predicted molar refractivity (Wildman–Crippen MR) is 84.6 cm³/mol. The average molecular weight is 338 g/mol. The molecule has 1 unspecified atom stereocenters. The zero-order valence-corrected chi connectivity index (χ0v) is 13.3. The fourth-order valence-electron chi connectivity index (χ4n) is 2.89. The van der Waals surface area contributed by atoms with E-state index in [4.69, 9.17) is 9.72 Å². The number of pyridine rings is 1. The van der Waals surface area contributed by atoms with E-state index in [-0.39, 0.29) is 0 Å². The number of nitrogens with zero attached hydrogens (tertiary/aromatic N) is 3. The lowest BCUT2D eigenvalue weighted by molar-refractivity contribution is 0.0576. The summed E-state index contributed by atoms with van der Waals surface area (Å²) >= 11 is 3.59. The third-order valence-corrected chi connectivity index (χ3v) is 4.41. The van der Waals surface area contributed by atoms with Crippen molar-refractivity contribution in [2.75, 3.05) is 31.7 Å². The molecule has 0 bridgehead atoms. The molecule has 0 radical (unpaired) electrons. The Labute approximate surface area is 127 Å². The molecule has 2 aromatic rings. The number of fused-ring (bicyclic) bond motifs is 1. The second-order valence-electron chi connectivity index (χ2n) is 5.41. The number of rotatable bonds is 4. The zero-order chi connectivity index (χ0) is 13.9. The van der Waals surface area contributed by atoms with Gasteiger partial charge in [-0.15, -0.1) is 0 Å². The van der Waals surface area contributed by atoms with Gasteiger partial charge in [-0.25, -0.2) is 4.98 Å². The molecular weight excluding hydrogens is 318 g/mol. The molecule has 0 spiro atoms. The summed E-state index contributed by atoms with van der Waals surface area (Å²) in [4.78, 5) is 7.03. The van der Waals surface area contributed by atoms with Crippen molar-refractivity contribution in [3.8, 4) is 0 Å². The van der Waals surface area contributed by atoms with E-state index in [1.165, 1.54) is 18.5 Å². The molecule has 0 N–H and O–H groups in total. The van der Waals surface area contributed by atoms with Gasteiger partial charge in [-0.2, -0.15) is 0 Å². The van der Waals surface area contributed by atoms with Crippen molar-refractivity contribution in [1.82, 2.24) is 9.38 Å². The van der Waals surface area contributed by atoms with Crippen LogP contribution in [0.25, 0.3) is 5.65 Å². The molecule has 0 amide bonds. The highest BCUT2D eigenvalue weighted by Gasteiger charge is 2.20. The van der Waals surface area contributed by atoms with Gasteiger partial charge >= 0.3 is 0 Å². The summed E-state index contributed by atoms with van der Waals surface area (Å²) in [5.41, 5.74) is 2.21. The number of imidazole rings is 1. The number of hydrogen-bond acceptors (Lipinski definition) is 3. The Hall–Kier alpha value is -1.07. The first-order valence-electron chi connectivity index (χ1n) is 7.10. The van der Waals surface area contributed by atoms with E-state index in [2.05, 4.69) is 38.5 Å². The molecule has 2 aromatic heterocycles. The minimum Gasteiger partial charge on any atom is -0.381 e. The van der Waals surface area contributed by atoms with Gasteiger partial charge in [0, 0.05) is 31.7 Å². The molecule has 3 heterocycles. The molecule has 5 heteroatoms. The maximum Gasteiger partial charge on any atom is 0.151 e. The lowest BCUT2D eigenvalue weighted by Crippen LogP contribution is -2.31. The summed E-state index contributed by atoms with van der Waals surface area (Å²) in [7, 11) is 2.13. The highest BCUT2D eigenvalue weighted by Crippen LogP contribution is 2.25. The topological polar surface area (TPSA) is 29.8 Å². The van der Waals surface area contributed by atoms with Crippen LogP contribution in [0.3, 0.4) is 0 Å². The second-order valence-corrected chi connectivity index (χ2v) is 5.97. The molecule has 1 aliphatic heterocycles. The molecule has 108 valence electrons. The van der Waals surface area contributed by atoms with Crippen LogP contribution in [0.5, 0.6) is 0 Å². The van der Waals surface area contributed by atoms with Crippen molar-refractivity contribution in [3.05, 3.63) is 30.1 Å². The minimum absolute atomic E-state index is 0.613. The van der Waals surface area contributed by atoms with Crippen LogP contribution in [0.15, 0.2) is 24.4 Å². The summed E-state index contributed by atoms with van der Waals surface area (Å²) < 4.78 is 7.72. The van der Waals surface area contributed by atoms with Crippen LogP contribution >= 0.6 is 15.9 Å². The van der Waals surface area contributed by atoms with E-state index in [0.29, 0.717) is 5.92 Å². The Bertz CT molecular complexity index is 578. The van der Waals surface area contributed by atoms with Gasteiger partial charge in [0.15, 0.2) is 5.82 Å². The maximum absolute atomic E-state index is 5.57. The van der Waals surface area contributed by atoms with E-state index in [1.54, 1.807) is 0 Å². The van der Waals surface area contributed by atoms with Gasteiger partial charge in [-0.05, 0) is 30.9 Å². The first kappa shape index (κ1) is 13.9. The number of anilines is 1. The number of aromatic nitrogens is 2. The van der Waals surface area contributed by atoms with Crippen molar-refractivity contribution in [1.29, 1.82) is 0 Å². The molecule has 0 aliphatic carbocycles. The van der Waals surface area contributed by atoms with Crippen molar-refractivity contribution >= 4 is 27.4 Å². The number of alkyl halides is 1. The molecule has 1 atom stereocenters. The van der Waals surface area contributed by atoms with Gasteiger partial charge in [0.25, 0.3) is 0 Å². The first-order chi connectivity index (χ1) is 9.79. The summed E-state index contributed by atoms with van der Waals surface area (Å²) in [6.45, 7) is 2.80. The van der Waals surface area contributed by atoms with Gasteiger partial charge in [0.2, 0.25) is 0 Å². The Morgan fingerprint density at radius 2 is 2.40 bits per heavy atom. The van der Waals surface area contributed by atoms with Crippen molar-refractivity contribution < 1.29 is 4.74 Å². The Morgan fingerprint density at radius 1 is 1.50 bits per heavy atom.